The van der Waals surface area contributed by atoms with Gasteiger partial charge in [-0.2, -0.15) is 0 Å². The van der Waals surface area contributed by atoms with E-state index in [1.807, 2.05) is 47.9 Å². The largest absolute Gasteiger partial charge is 0.497 e. The van der Waals surface area contributed by atoms with E-state index in [-0.39, 0.29) is 18.4 Å². The van der Waals surface area contributed by atoms with E-state index in [0.29, 0.717) is 11.1 Å². The molecule has 2 heterocycles. The molecule has 0 atom stereocenters. The number of methoxy groups -OCH3 is 1. The van der Waals surface area contributed by atoms with Crippen LogP contribution in [0.2, 0.25) is 0 Å². The van der Waals surface area contributed by atoms with Crippen molar-refractivity contribution in [3.8, 4) is 11.4 Å². The summed E-state index contributed by atoms with van der Waals surface area (Å²) in [5.74, 6) is 0.289. The minimum atomic E-state index is -0.245. The van der Waals surface area contributed by atoms with E-state index in [0.717, 1.165) is 22.8 Å². The number of aryl methyl sites for hydroxylation is 1. The van der Waals surface area contributed by atoms with Crippen LogP contribution in [0.5, 0.6) is 5.75 Å². The first kappa shape index (κ1) is 16.1. The summed E-state index contributed by atoms with van der Waals surface area (Å²) in [5.41, 5.74) is 3.80. The zero-order chi connectivity index (χ0) is 18.3. The van der Waals surface area contributed by atoms with Gasteiger partial charge in [-0.3, -0.25) is 14.5 Å². The molecule has 0 spiro atoms. The fraction of sp³-hybridized carbons (Fsp3) is 0.143. The lowest BCUT2D eigenvalue weighted by Gasteiger charge is -2.17. The number of rotatable bonds is 4. The summed E-state index contributed by atoms with van der Waals surface area (Å²) in [6, 6.07) is 18.6. The fourth-order valence-corrected chi connectivity index (χ4v) is 3.36. The first-order chi connectivity index (χ1) is 12.6. The van der Waals surface area contributed by atoms with Crippen LogP contribution >= 0.6 is 0 Å². The van der Waals surface area contributed by atoms with Gasteiger partial charge >= 0.3 is 0 Å². The van der Waals surface area contributed by atoms with Crippen LogP contribution in [0.25, 0.3) is 5.69 Å². The molecule has 0 aliphatic carbocycles. The highest BCUT2D eigenvalue weighted by Crippen LogP contribution is 2.26. The smallest absolute Gasteiger partial charge is 0.261 e. The highest BCUT2D eigenvalue weighted by Gasteiger charge is 2.35. The van der Waals surface area contributed by atoms with Crippen molar-refractivity contribution in [2.45, 2.75) is 13.5 Å². The third kappa shape index (κ3) is 2.49. The maximum Gasteiger partial charge on any atom is 0.261 e. The number of benzene rings is 2. The molecule has 3 aromatic rings. The van der Waals surface area contributed by atoms with Crippen molar-refractivity contribution in [1.29, 1.82) is 0 Å². The Morgan fingerprint density at radius 1 is 0.846 bits per heavy atom. The zero-order valence-corrected chi connectivity index (χ0v) is 14.6. The molecule has 0 radical (unpaired) electrons. The molecule has 2 amide bonds. The summed E-state index contributed by atoms with van der Waals surface area (Å²) in [6.45, 7) is 2.22. The van der Waals surface area contributed by atoms with Crippen molar-refractivity contribution in [1.82, 2.24) is 9.47 Å². The molecule has 5 nitrogen and oxygen atoms in total. The standard InChI is InChI=1S/C21H18N2O3/c1-14-7-8-16(23(14)15-9-11-17(26-2)12-10-15)13-22-20(24)18-5-3-4-6-19(18)21(22)25/h3-12H,13H2,1-2H3. The van der Waals surface area contributed by atoms with Crippen molar-refractivity contribution >= 4 is 11.8 Å². The second-order valence-corrected chi connectivity index (χ2v) is 6.24. The number of carbonyl (C=O) groups excluding carboxylic acids is 2. The normalized spacial score (nSPS) is 13.2. The van der Waals surface area contributed by atoms with Crippen molar-refractivity contribution in [2.24, 2.45) is 0 Å². The number of carbonyl (C=O) groups is 2. The van der Waals surface area contributed by atoms with Gasteiger partial charge in [0.1, 0.15) is 5.75 Å². The third-order valence-electron chi connectivity index (χ3n) is 4.69. The van der Waals surface area contributed by atoms with E-state index >= 15 is 0 Å². The van der Waals surface area contributed by atoms with E-state index in [4.69, 9.17) is 4.74 Å². The number of nitrogens with zero attached hydrogens (tertiary/aromatic N) is 2. The van der Waals surface area contributed by atoms with Gasteiger partial charge in [-0.05, 0) is 55.5 Å². The molecule has 26 heavy (non-hydrogen) atoms. The lowest BCUT2D eigenvalue weighted by Crippen LogP contribution is -2.30. The first-order valence-corrected chi connectivity index (χ1v) is 8.37. The summed E-state index contributed by atoms with van der Waals surface area (Å²) in [5, 5.41) is 0. The average molecular weight is 346 g/mol. The van der Waals surface area contributed by atoms with Crippen molar-refractivity contribution in [3.63, 3.8) is 0 Å². The molecular weight excluding hydrogens is 328 g/mol. The molecule has 0 bridgehead atoms. The predicted octanol–water partition coefficient (Wildman–Crippen LogP) is 3.59. The van der Waals surface area contributed by atoms with Crippen molar-refractivity contribution in [3.05, 3.63) is 83.2 Å². The summed E-state index contributed by atoms with van der Waals surface area (Å²) >= 11 is 0. The van der Waals surface area contributed by atoms with Crippen LogP contribution in [0.4, 0.5) is 0 Å². The van der Waals surface area contributed by atoms with Gasteiger partial charge in [0, 0.05) is 17.1 Å². The highest BCUT2D eigenvalue weighted by molar-refractivity contribution is 6.21. The van der Waals surface area contributed by atoms with Crippen LogP contribution in [0.3, 0.4) is 0 Å². The molecular formula is C21H18N2O3. The van der Waals surface area contributed by atoms with Gasteiger partial charge in [0.25, 0.3) is 11.8 Å². The molecule has 130 valence electrons. The van der Waals surface area contributed by atoms with E-state index in [2.05, 4.69) is 0 Å². The van der Waals surface area contributed by atoms with Crippen LogP contribution in [-0.4, -0.2) is 28.4 Å². The molecule has 5 heteroatoms. The van der Waals surface area contributed by atoms with E-state index in [1.54, 1.807) is 31.4 Å². The Labute approximate surface area is 151 Å². The van der Waals surface area contributed by atoms with Crippen molar-refractivity contribution < 1.29 is 14.3 Å². The molecule has 1 aromatic heterocycles. The minimum absolute atomic E-state index is 0.228. The summed E-state index contributed by atoms with van der Waals surface area (Å²) in [7, 11) is 1.63. The van der Waals surface area contributed by atoms with Crippen LogP contribution in [0, 0.1) is 6.92 Å². The number of imide groups is 1. The Morgan fingerprint density at radius 2 is 1.46 bits per heavy atom. The maximum atomic E-state index is 12.6. The van der Waals surface area contributed by atoms with Crippen LogP contribution < -0.4 is 4.74 Å². The van der Waals surface area contributed by atoms with E-state index in [1.165, 1.54) is 4.90 Å². The number of fused-ring (bicyclic) bond motifs is 1. The lowest BCUT2D eigenvalue weighted by molar-refractivity contribution is 0.0639. The Bertz CT molecular complexity index is 967. The number of hydrogen-bond donors (Lipinski definition) is 0. The first-order valence-electron chi connectivity index (χ1n) is 8.37. The van der Waals surface area contributed by atoms with Gasteiger partial charge in [-0.15, -0.1) is 0 Å². The molecule has 0 saturated carbocycles. The zero-order valence-electron chi connectivity index (χ0n) is 14.6. The molecule has 0 saturated heterocycles. The highest BCUT2D eigenvalue weighted by atomic mass is 16.5. The molecule has 0 N–H and O–H groups in total. The van der Waals surface area contributed by atoms with Crippen LogP contribution in [-0.2, 0) is 6.54 Å². The second kappa shape index (κ2) is 6.19. The van der Waals surface area contributed by atoms with Gasteiger partial charge in [-0.25, -0.2) is 0 Å². The summed E-state index contributed by atoms with van der Waals surface area (Å²) in [4.78, 5) is 26.6. The summed E-state index contributed by atoms with van der Waals surface area (Å²) in [6.07, 6.45) is 0. The monoisotopic (exact) mass is 346 g/mol. The Hall–Kier alpha value is -3.34. The van der Waals surface area contributed by atoms with Crippen molar-refractivity contribution in [2.75, 3.05) is 7.11 Å². The second-order valence-electron chi connectivity index (χ2n) is 6.24. The third-order valence-corrected chi connectivity index (χ3v) is 4.69. The molecule has 4 rings (SSSR count). The van der Waals surface area contributed by atoms with Crippen LogP contribution in [0.1, 0.15) is 32.1 Å². The number of aromatic nitrogens is 1. The quantitative estimate of drug-likeness (QED) is 0.679. The molecule has 1 aliphatic rings. The lowest BCUT2D eigenvalue weighted by atomic mass is 10.1. The van der Waals surface area contributed by atoms with Gasteiger partial charge in [0.15, 0.2) is 0 Å². The Balaban J connectivity index is 1.68. The fourth-order valence-electron chi connectivity index (χ4n) is 3.36. The maximum absolute atomic E-state index is 12.6. The van der Waals surface area contributed by atoms with Gasteiger partial charge < -0.3 is 9.30 Å². The average Bonchev–Trinajstić information content (AvgIpc) is 3.15. The minimum Gasteiger partial charge on any atom is -0.497 e. The molecule has 2 aromatic carbocycles. The molecule has 0 unspecified atom stereocenters. The van der Waals surface area contributed by atoms with Gasteiger partial charge in [-0.1, -0.05) is 12.1 Å². The molecule has 1 aliphatic heterocycles. The van der Waals surface area contributed by atoms with E-state index in [9.17, 15) is 9.59 Å². The SMILES string of the molecule is COc1ccc(-n2c(C)ccc2CN2C(=O)c3ccccc3C2=O)cc1. The van der Waals surface area contributed by atoms with Gasteiger partial charge in [0.05, 0.1) is 24.8 Å². The van der Waals surface area contributed by atoms with E-state index < -0.39 is 0 Å². The topological polar surface area (TPSA) is 51.5 Å². The molecule has 0 fully saturated rings. The number of ether oxygens (including phenoxy) is 1. The Kier molecular flexibility index (Phi) is 3.84. The predicted molar refractivity (Wildman–Crippen MR) is 97.7 cm³/mol. The Morgan fingerprint density at radius 3 is 2.04 bits per heavy atom. The van der Waals surface area contributed by atoms with Crippen LogP contribution in [0.15, 0.2) is 60.7 Å². The number of amides is 2. The summed E-state index contributed by atoms with van der Waals surface area (Å²) < 4.78 is 7.26. The number of hydrogen-bond acceptors (Lipinski definition) is 3. The van der Waals surface area contributed by atoms with Gasteiger partial charge in [0.2, 0.25) is 0 Å².